The molecule has 144 valence electrons. The van der Waals surface area contributed by atoms with Gasteiger partial charge in [-0.15, -0.1) is 0 Å². The van der Waals surface area contributed by atoms with Crippen LogP contribution in [0.1, 0.15) is 30.9 Å². The smallest absolute Gasteiger partial charge is 0.269 e. The molecule has 0 atom stereocenters. The molecular weight excluding hydrogens is 384 g/mol. The minimum absolute atomic E-state index is 0.0831. The Morgan fingerprint density at radius 1 is 1.22 bits per heavy atom. The van der Waals surface area contributed by atoms with Crippen molar-refractivity contribution in [3.05, 3.63) is 58.6 Å². The molecule has 2 aromatic rings. The lowest BCUT2D eigenvalue weighted by molar-refractivity contribution is 0.301. The van der Waals surface area contributed by atoms with Crippen molar-refractivity contribution in [2.45, 2.75) is 31.6 Å². The van der Waals surface area contributed by atoms with E-state index in [0.717, 1.165) is 24.0 Å². The summed E-state index contributed by atoms with van der Waals surface area (Å²) in [5.74, 6) is 0.788. The van der Waals surface area contributed by atoms with Gasteiger partial charge in [0, 0.05) is 10.6 Å². The molecule has 0 amide bonds. The van der Waals surface area contributed by atoms with Crippen molar-refractivity contribution in [2.75, 3.05) is 19.7 Å². The monoisotopic (exact) mass is 406 g/mol. The maximum atomic E-state index is 13.4. The molecule has 0 aliphatic carbocycles. The van der Waals surface area contributed by atoms with E-state index in [1.165, 1.54) is 10.4 Å². The van der Waals surface area contributed by atoms with Crippen LogP contribution in [-0.2, 0) is 10.0 Å². The van der Waals surface area contributed by atoms with Gasteiger partial charge in [0.2, 0.25) is 0 Å². The molecular formula is C20H23ClN2O3S. The average molecular weight is 407 g/mol. The van der Waals surface area contributed by atoms with Gasteiger partial charge in [0.1, 0.15) is 16.5 Å². The van der Waals surface area contributed by atoms with E-state index in [2.05, 4.69) is 11.9 Å². The molecule has 0 bridgehead atoms. The topological polar surface area (TPSA) is 59.0 Å². The van der Waals surface area contributed by atoms with Gasteiger partial charge in [0.05, 0.1) is 19.7 Å². The summed E-state index contributed by atoms with van der Waals surface area (Å²) in [4.78, 5) is 4.50. The molecule has 27 heavy (non-hydrogen) atoms. The summed E-state index contributed by atoms with van der Waals surface area (Å²) in [5.41, 5.74) is 1.55. The number of amidine groups is 1. The van der Waals surface area contributed by atoms with Gasteiger partial charge in [-0.2, -0.15) is 0 Å². The summed E-state index contributed by atoms with van der Waals surface area (Å²) in [6.45, 7) is 5.07. The van der Waals surface area contributed by atoms with E-state index < -0.39 is 10.0 Å². The second-order valence-electron chi connectivity index (χ2n) is 6.40. The van der Waals surface area contributed by atoms with Crippen molar-refractivity contribution in [1.82, 2.24) is 4.31 Å². The quantitative estimate of drug-likeness (QED) is 0.645. The number of halogens is 1. The molecule has 0 radical (unpaired) electrons. The molecule has 0 aromatic heterocycles. The second-order valence-corrected chi connectivity index (χ2v) is 8.64. The van der Waals surface area contributed by atoms with Gasteiger partial charge < -0.3 is 4.74 Å². The third kappa shape index (κ3) is 4.12. The van der Waals surface area contributed by atoms with Crippen molar-refractivity contribution in [3.63, 3.8) is 0 Å². The minimum Gasteiger partial charge on any atom is -0.492 e. The minimum atomic E-state index is -3.85. The van der Waals surface area contributed by atoms with E-state index in [0.29, 0.717) is 36.3 Å². The largest absolute Gasteiger partial charge is 0.492 e. The lowest BCUT2D eigenvalue weighted by Crippen LogP contribution is -2.35. The number of hydrogen-bond acceptors (Lipinski definition) is 4. The molecule has 5 nitrogen and oxygen atoms in total. The average Bonchev–Trinajstić information content (AvgIpc) is 3.16. The number of rotatable bonds is 7. The van der Waals surface area contributed by atoms with Crippen molar-refractivity contribution in [1.29, 1.82) is 0 Å². The van der Waals surface area contributed by atoms with Crippen LogP contribution in [0.25, 0.3) is 0 Å². The zero-order chi connectivity index (χ0) is 19.4. The van der Waals surface area contributed by atoms with Gasteiger partial charge in [-0.05, 0) is 31.0 Å². The molecule has 0 saturated carbocycles. The van der Waals surface area contributed by atoms with Crippen molar-refractivity contribution < 1.29 is 13.2 Å². The summed E-state index contributed by atoms with van der Waals surface area (Å²) in [6, 6.07) is 12.5. The molecule has 0 fully saturated rings. The van der Waals surface area contributed by atoms with Gasteiger partial charge in [0.25, 0.3) is 10.0 Å². The molecule has 1 aliphatic heterocycles. The van der Waals surface area contributed by atoms with Crippen LogP contribution in [0.5, 0.6) is 5.75 Å². The Labute approximate surface area is 165 Å². The fourth-order valence-corrected chi connectivity index (χ4v) is 4.70. The Balaban J connectivity index is 2.01. The first kappa shape index (κ1) is 19.7. The molecule has 0 N–H and O–H groups in total. The molecule has 0 saturated heterocycles. The molecule has 1 heterocycles. The summed E-state index contributed by atoms with van der Waals surface area (Å²) in [5, 5.41) is 0.397. The van der Waals surface area contributed by atoms with E-state index in [4.69, 9.17) is 16.3 Å². The molecule has 7 heteroatoms. The van der Waals surface area contributed by atoms with Crippen molar-refractivity contribution in [2.24, 2.45) is 4.99 Å². The Kier molecular flexibility index (Phi) is 6.07. The van der Waals surface area contributed by atoms with E-state index >= 15 is 0 Å². The lowest BCUT2D eigenvalue weighted by atomic mass is 10.2. The highest BCUT2D eigenvalue weighted by atomic mass is 35.5. The highest BCUT2D eigenvalue weighted by molar-refractivity contribution is 7.89. The first-order valence-corrected chi connectivity index (χ1v) is 10.8. The standard InChI is InChI=1S/C20H23ClN2O3S/c1-3-4-12-26-18-13-15(2)17(21)14-19(18)27(24,25)23-11-10-22-20(23)16-8-6-5-7-9-16/h5-9,13-14H,3-4,10-12H2,1-2H3. The fraction of sp³-hybridized carbons (Fsp3) is 0.350. The van der Waals surface area contributed by atoms with Gasteiger partial charge in [-0.25, -0.2) is 12.7 Å². The van der Waals surface area contributed by atoms with E-state index in [9.17, 15) is 8.42 Å². The Morgan fingerprint density at radius 2 is 1.96 bits per heavy atom. The highest BCUT2D eigenvalue weighted by Crippen LogP contribution is 2.34. The summed E-state index contributed by atoms with van der Waals surface area (Å²) in [7, 11) is -3.85. The van der Waals surface area contributed by atoms with Crippen molar-refractivity contribution in [3.8, 4) is 5.75 Å². The zero-order valence-electron chi connectivity index (χ0n) is 15.5. The molecule has 0 unspecified atom stereocenters. The Morgan fingerprint density at radius 3 is 2.67 bits per heavy atom. The molecule has 1 aliphatic rings. The van der Waals surface area contributed by atoms with E-state index in [1.54, 1.807) is 6.07 Å². The van der Waals surface area contributed by atoms with Gasteiger partial charge in [0.15, 0.2) is 0 Å². The van der Waals surface area contributed by atoms with Crippen LogP contribution in [0.2, 0.25) is 5.02 Å². The molecule has 2 aromatic carbocycles. The van der Waals surface area contributed by atoms with Crippen LogP contribution in [0.3, 0.4) is 0 Å². The number of aliphatic imine (C=N–C) groups is 1. The van der Waals surface area contributed by atoms with E-state index in [-0.39, 0.29) is 4.90 Å². The first-order chi connectivity index (χ1) is 12.9. The zero-order valence-corrected chi connectivity index (χ0v) is 17.1. The number of nitrogens with zero attached hydrogens (tertiary/aromatic N) is 2. The summed E-state index contributed by atoms with van der Waals surface area (Å²) >= 11 is 6.24. The SMILES string of the molecule is CCCCOc1cc(C)c(Cl)cc1S(=O)(=O)N1CCN=C1c1ccccc1. The molecule has 3 rings (SSSR count). The third-order valence-electron chi connectivity index (χ3n) is 4.38. The Hall–Kier alpha value is -2.05. The molecule has 0 spiro atoms. The highest BCUT2D eigenvalue weighted by Gasteiger charge is 2.34. The normalized spacial score (nSPS) is 14.3. The van der Waals surface area contributed by atoms with Crippen LogP contribution < -0.4 is 4.74 Å². The summed E-state index contributed by atoms with van der Waals surface area (Å²) < 4.78 is 34.0. The van der Waals surface area contributed by atoms with Gasteiger partial charge in [-0.1, -0.05) is 55.3 Å². The van der Waals surface area contributed by atoms with Gasteiger partial charge in [-0.3, -0.25) is 4.99 Å². The van der Waals surface area contributed by atoms with Crippen LogP contribution in [-0.4, -0.2) is 38.3 Å². The van der Waals surface area contributed by atoms with Crippen LogP contribution in [0, 0.1) is 6.92 Å². The lowest BCUT2D eigenvalue weighted by Gasteiger charge is -2.22. The fourth-order valence-electron chi connectivity index (χ4n) is 2.88. The summed E-state index contributed by atoms with van der Waals surface area (Å²) in [6.07, 6.45) is 1.81. The number of sulfonamides is 1. The number of aryl methyl sites for hydroxylation is 1. The van der Waals surface area contributed by atoms with Crippen LogP contribution >= 0.6 is 11.6 Å². The van der Waals surface area contributed by atoms with Gasteiger partial charge >= 0.3 is 0 Å². The number of hydrogen-bond donors (Lipinski definition) is 0. The predicted molar refractivity (Wildman–Crippen MR) is 108 cm³/mol. The first-order valence-electron chi connectivity index (χ1n) is 9.00. The maximum Gasteiger partial charge on any atom is 0.269 e. The second kappa shape index (κ2) is 8.31. The number of benzene rings is 2. The third-order valence-corrected chi connectivity index (χ3v) is 6.60. The van der Waals surface area contributed by atoms with E-state index in [1.807, 2.05) is 37.3 Å². The number of ether oxygens (including phenoxy) is 1. The predicted octanol–water partition coefficient (Wildman–Crippen LogP) is 4.28. The maximum absolute atomic E-state index is 13.4. The Bertz CT molecular complexity index is 943. The number of unbranched alkanes of at least 4 members (excludes halogenated alkanes) is 1. The van der Waals surface area contributed by atoms with Crippen LogP contribution in [0.15, 0.2) is 52.4 Å². The van der Waals surface area contributed by atoms with Crippen molar-refractivity contribution >= 4 is 27.5 Å². The van der Waals surface area contributed by atoms with Crippen LogP contribution in [0.4, 0.5) is 0 Å².